The second-order valence-corrected chi connectivity index (χ2v) is 5.14. The van der Waals surface area contributed by atoms with Crippen molar-refractivity contribution < 1.29 is 0 Å². The number of hydrogen-bond acceptors (Lipinski definition) is 2. The van der Waals surface area contributed by atoms with Gasteiger partial charge in [0.15, 0.2) is 0 Å². The Bertz CT molecular complexity index is 171. The molecule has 2 nitrogen and oxygen atoms in total. The lowest BCUT2D eigenvalue weighted by Crippen LogP contribution is -2.63. The Kier molecular flexibility index (Phi) is 2.61. The molecule has 2 rings (SSSR count). The highest BCUT2D eigenvalue weighted by atomic mass is 15.1. The third-order valence-corrected chi connectivity index (χ3v) is 3.70. The third kappa shape index (κ3) is 2.05. The third-order valence-electron chi connectivity index (χ3n) is 3.70. The molecule has 1 heterocycles. The molecule has 13 heavy (non-hydrogen) atoms. The Morgan fingerprint density at radius 2 is 1.85 bits per heavy atom. The van der Waals surface area contributed by atoms with E-state index >= 15 is 0 Å². The smallest absolute Gasteiger partial charge is 0.0309 e. The van der Waals surface area contributed by atoms with E-state index in [1.165, 1.54) is 32.2 Å². The van der Waals surface area contributed by atoms with Crippen molar-refractivity contribution in [1.29, 1.82) is 0 Å². The zero-order valence-corrected chi connectivity index (χ0v) is 8.90. The first-order chi connectivity index (χ1) is 6.20. The van der Waals surface area contributed by atoms with Crippen LogP contribution >= 0.6 is 0 Å². The lowest BCUT2D eigenvalue weighted by molar-refractivity contribution is 0.149. The van der Waals surface area contributed by atoms with Crippen molar-refractivity contribution in [2.75, 3.05) is 13.1 Å². The van der Waals surface area contributed by atoms with Gasteiger partial charge in [-0.15, -0.1) is 0 Å². The van der Waals surface area contributed by atoms with Crippen LogP contribution in [0.25, 0.3) is 0 Å². The van der Waals surface area contributed by atoms with Crippen molar-refractivity contribution >= 4 is 0 Å². The van der Waals surface area contributed by atoms with Crippen LogP contribution < -0.4 is 10.6 Å². The Morgan fingerprint density at radius 3 is 2.46 bits per heavy atom. The molecule has 2 aliphatic rings. The zero-order valence-electron chi connectivity index (χ0n) is 8.90. The average molecular weight is 182 g/mol. The molecule has 0 aromatic rings. The quantitative estimate of drug-likeness (QED) is 0.593. The van der Waals surface area contributed by atoms with Crippen LogP contribution in [-0.2, 0) is 0 Å². The summed E-state index contributed by atoms with van der Waals surface area (Å²) in [5.41, 5.74) is 0.449. The summed E-state index contributed by atoms with van der Waals surface area (Å²) in [5.74, 6) is 0.949. The summed E-state index contributed by atoms with van der Waals surface area (Å²) in [6.07, 6.45) is 5.54. The van der Waals surface area contributed by atoms with E-state index in [9.17, 15) is 0 Å². The maximum atomic E-state index is 3.79. The van der Waals surface area contributed by atoms with Gasteiger partial charge in [0.2, 0.25) is 0 Å². The van der Waals surface area contributed by atoms with Crippen molar-refractivity contribution in [1.82, 2.24) is 10.6 Å². The monoisotopic (exact) mass is 182 g/mol. The first-order valence-electron chi connectivity index (χ1n) is 5.69. The lowest BCUT2D eigenvalue weighted by Gasteiger charge is -2.45. The van der Waals surface area contributed by atoms with Crippen molar-refractivity contribution in [2.45, 2.75) is 51.1 Å². The number of nitrogens with one attached hydrogen (secondary N) is 2. The molecule has 1 spiro atoms. The normalized spacial score (nSPS) is 46.6. The number of hydrogen-bond donors (Lipinski definition) is 2. The summed E-state index contributed by atoms with van der Waals surface area (Å²) in [7, 11) is 0. The van der Waals surface area contributed by atoms with Crippen LogP contribution in [0.3, 0.4) is 0 Å². The SMILES string of the molecule is CC1CCC2(CC1)CNC[C@H](C)N2. The highest BCUT2D eigenvalue weighted by Crippen LogP contribution is 2.32. The van der Waals surface area contributed by atoms with Crippen LogP contribution in [0.5, 0.6) is 0 Å². The minimum Gasteiger partial charge on any atom is -0.313 e. The first-order valence-corrected chi connectivity index (χ1v) is 5.69. The number of piperazine rings is 1. The predicted molar refractivity (Wildman–Crippen MR) is 55.8 cm³/mol. The molecular weight excluding hydrogens is 160 g/mol. The predicted octanol–water partition coefficient (Wildman–Crippen LogP) is 1.52. The minimum atomic E-state index is 0.449. The van der Waals surface area contributed by atoms with Crippen LogP contribution in [0.1, 0.15) is 39.5 Å². The fourth-order valence-corrected chi connectivity index (χ4v) is 2.79. The summed E-state index contributed by atoms with van der Waals surface area (Å²) in [4.78, 5) is 0. The van der Waals surface area contributed by atoms with Gasteiger partial charge in [0.25, 0.3) is 0 Å². The molecule has 76 valence electrons. The summed E-state index contributed by atoms with van der Waals surface area (Å²) in [6, 6.07) is 0.655. The maximum absolute atomic E-state index is 3.79. The summed E-state index contributed by atoms with van der Waals surface area (Å²) in [6.45, 7) is 6.99. The van der Waals surface area contributed by atoms with Gasteiger partial charge in [-0.05, 0) is 38.5 Å². The van der Waals surface area contributed by atoms with Gasteiger partial charge in [0, 0.05) is 24.7 Å². The van der Waals surface area contributed by atoms with Crippen molar-refractivity contribution in [3.8, 4) is 0 Å². The van der Waals surface area contributed by atoms with E-state index in [0.717, 1.165) is 12.5 Å². The first kappa shape index (κ1) is 9.47. The number of rotatable bonds is 0. The van der Waals surface area contributed by atoms with Gasteiger partial charge in [-0.25, -0.2) is 0 Å². The largest absolute Gasteiger partial charge is 0.313 e. The molecule has 1 saturated heterocycles. The Morgan fingerprint density at radius 1 is 1.15 bits per heavy atom. The van der Waals surface area contributed by atoms with E-state index in [-0.39, 0.29) is 0 Å². The van der Waals surface area contributed by atoms with E-state index in [4.69, 9.17) is 0 Å². The molecule has 0 bridgehead atoms. The van der Waals surface area contributed by atoms with E-state index in [2.05, 4.69) is 24.5 Å². The maximum Gasteiger partial charge on any atom is 0.0309 e. The van der Waals surface area contributed by atoms with E-state index < -0.39 is 0 Å². The van der Waals surface area contributed by atoms with Gasteiger partial charge in [-0.1, -0.05) is 6.92 Å². The van der Waals surface area contributed by atoms with Gasteiger partial charge >= 0.3 is 0 Å². The van der Waals surface area contributed by atoms with Gasteiger partial charge in [0.1, 0.15) is 0 Å². The standard InChI is InChI=1S/C11H22N2/c1-9-3-5-11(6-4-9)8-12-7-10(2)13-11/h9-10,12-13H,3-8H2,1-2H3/t9?,10-,11?/m0/s1. The molecule has 0 radical (unpaired) electrons. The molecule has 2 N–H and O–H groups in total. The molecule has 1 aliphatic carbocycles. The van der Waals surface area contributed by atoms with Crippen LogP contribution in [0.2, 0.25) is 0 Å². The molecule has 1 saturated carbocycles. The molecule has 0 unspecified atom stereocenters. The Labute approximate surface area is 81.5 Å². The average Bonchev–Trinajstić information content (AvgIpc) is 2.11. The fourth-order valence-electron chi connectivity index (χ4n) is 2.79. The lowest BCUT2D eigenvalue weighted by atomic mass is 9.76. The highest BCUT2D eigenvalue weighted by Gasteiger charge is 2.36. The highest BCUT2D eigenvalue weighted by molar-refractivity contribution is 4.98. The summed E-state index contributed by atoms with van der Waals surface area (Å²) < 4.78 is 0. The second-order valence-electron chi connectivity index (χ2n) is 5.14. The van der Waals surface area contributed by atoms with Crippen LogP contribution in [0.15, 0.2) is 0 Å². The van der Waals surface area contributed by atoms with Crippen LogP contribution in [0, 0.1) is 5.92 Å². The van der Waals surface area contributed by atoms with E-state index in [0.29, 0.717) is 11.6 Å². The van der Waals surface area contributed by atoms with Gasteiger partial charge < -0.3 is 10.6 Å². The molecule has 0 aromatic carbocycles. The Balaban J connectivity index is 1.95. The molecule has 2 heteroatoms. The summed E-state index contributed by atoms with van der Waals surface area (Å²) >= 11 is 0. The molecular formula is C11H22N2. The second kappa shape index (κ2) is 3.58. The molecule has 0 aromatic heterocycles. The zero-order chi connectivity index (χ0) is 9.31. The molecule has 0 amide bonds. The molecule has 1 aliphatic heterocycles. The fraction of sp³-hybridized carbons (Fsp3) is 1.00. The Hall–Kier alpha value is -0.0800. The van der Waals surface area contributed by atoms with Crippen molar-refractivity contribution in [3.05, 3.63) is 0 Å². The van der Waals surface area contributed by atoms with Crippen LogP contribution in [-0.4, -0.2) is 24.7 Å². The van der Waals surface area contributed by atoms with Gasteiger partial charge in [-0.2, -0.15) is 0 Å². The summed E-state index contributed by atoms with van der Waals surface area (Å²) in [5, 5.41) is 7.34. The van der Waals surface area contributed by atoms with Gasteiger partial charge in [0.05, 0.1) is 0 Å². The topological polar surface area (TPSA) is 24.1 Å². The van der Waals surface area contributed by atoms with E-state index in [1.807, 2.05) is 0 Å². The van der Waals surface area contributed by atoms with Gasteiger partial charge in [-0.3, -0.25) is 0 Å². The van der Waals surface area contributed by atoms with Crippen molar-refractivity contribution in [2.24, 2.45) is 5.92 Å². The van der Waals surface area contributed by atoms with Crippen molar-refractivity contribution in [3.63, 3.8) is 0 Å². The molecule has 1 atom stereocenters. The van der Waals surface area contributed by atoms with E-state index in [1.54, 1.807) is 0 Å². The van der Waals surface area contributed by atoms with Crippen LogP contribution in [0.4, 0.5) is 0 Å². The molecule has 2 fully saturated rings. The minimum absolute atomic E-state index is 0.449.